The van der Waals surface area contributed by atoms with Gasteiger partial charge in [-0.1, -0.05) is 12.1 Å². The van der Waals surface area contributed by atoms with Gasteiger partial charge in [-0.25, -0.2) is 0 Å². The van der Waals surface area contributed by atoms with E-state index in [4.69, 9.17) is 0 Å². The maximum atomic E-state index is 12.1. The number of carbonyl (C=O) groups is 4. The number of rotatable bonds is 8. The largest absolute Gasteiger partial charge is 0.375 e. The fourth-order valence-electron chi connectivity index (χ4n) is 2.33. The van der Waals surface area contributed by atoms with Crippen LogP contribution in [0.2, 0.25) is 0 Å². The van der Waals surface area contributed by atoms with Gasteiger partial charge in [-0.3, -0.25) is 24.1 Å². The molecule has 1 aliphatic heterocycles. The van der Waals surface area contributed by atoms with Crippen molar-refractivity contribution in [3.63, 3.8) is 0 Å². The number of carbonyl (C=O) groups excluding carboxylic acids is 4. The molecule has 128 valence electrons. The minimum Gasteiger partial charge on any atom is -0.375 e. The van der Waals surface area contributed by atoms with E-state index in [0.29, 0.717) is 11.1 Å². The molecule has 0 saturated heterocycles. The Labute approximate surface area is 139 Å². The molecule has 24 heavy (non-hydrogen) atoms. The lowest BCUT2D eigenvalue weighted by atomic mass is 10.1. The van der Waals surface area contributed by atoms with E-state index in [9.17, 15) is 19.2 Å². The normalized spacial score (nSPS) is 13.0. The van der Waals surface area contributed by atoms with Crippen molar-refractivity contribution >= 4 is 23.6 Å². The van der Waals surface area contributed by atoms with E-state index in [1.165, 1.54) is 7.11 Å². The highest BCUT2D eigenvalue weighted by Crippen LogP contribution is 2.22. The standard InChI is InChI=1S/C16H19N3O5/c1-24-10-14(21)18-8-7-17-13(20)6-9-19-15(22)11-4-2-3-5-12(11)16(19)23/h2-5H,6-10H2,1H3,(H,17,20)(H,18,21). The smallest absolute Gasteiger partial charge is 0.261 e. The lowest BCUT2D eigenvalue weighted by Gasteiger charge is -2.13. The number of benzene rings is 1. The number of methoxy groups -OCH3 is 1. The van der Waals surface area contributed by atoms with Gasteiger partial charge in [0.15, 0.2) is 0 Å². The van der Waals surface area contributed by atoms with Crippen molar-refractivity contribution in [2.45, 2.75) is 6.42 Å². The van der Waals surface area contributed by atoms with Gasteiger partial charge in [-0.2, -0.15) is 0 Å². The van der Waals surface area contributed by atoms with E-state index in [1.807, 2.05) is 0 Å². The SMILES string of the molecule is COCC(=O)NCCNC(=O)CCN1C(=O)c2ccccc2C1=O. The van der Waals surface area contributed by atoms with Crippen LogP contribution in [-0.2, 0) is 14.3 Å². The Morgan fingerprint density at radius 3 is 2.08 bits per heavy atom. The predicted molar refractivity (Wildman–Crippen MR) is 84.3 cm³/mol. The van der Waals surface area contributed by atoms with E-state index in [-0.39, 0.29) is 56.3 Å². The molecule has 0 aliphatic carbocycles. The Bertz CT molecular complexity index is 624. The van der Waals surface area contributed by atoms with Crippen LogP contribution in [0.15, 0.2) is 24.3 Å². The second-order valence-electron chi connectivity index (χ2n) is 5.19. The Balaban J connectivity index is 1.72. The molecule has 4 amide bonds. The van der Waals surface area contributed by atoms with Gasteiger partial charge in [0.1, 0.15) is 6.61 Å². The zero-order chi connectivity index (χ0) is 17.5. The van der Waals surface area contributed by atoms with E-state index >= 15 is 0 Å². The minimum atomic E-state index is -0.379. The van der Waals surface area contributed by atoms with Crippen LogP contribution in [-0.4, -0.2) is 61.9 Å². The molecule has 8 heteroatoms. The van der Waals surface area contributed by atoms with Gasteiger partial charge in [-0.15, -0.1) is 0 Å². The number of nitrogens with one attached hydrogen (secondary N) is 2. The van der Waals surface area contributed by atoms with Crippen LogP contribution in [0.3, 0.4) is 0 Å². The molecule has 0 fully saturated rings. The summed E-state index contributed by atoms with van der Waals surface area (Å²) in [6.45, 7) is 0.527. The lowest BCUT2D eigenvalue weighted by Crippen LogP contribution is -2.38. The molecular formula is C16H19N3O5. The third kappa shape index (κ3) is 4.17. The van der Waals surface area contributed by atoms with Gasteiger partial charge >= 0.3 is 0 Å². The zero-order valence-electron chi connectivity index (χ0n) is 13.3. The number of hydrogen-bond donors (Lipinski definition) is 2. The molecule has 1 aromatic carbocycles. The van der Waals surface area contributed by atoms with E-state index < -0.39 is 0 Å². The third-order valence-corrected chi connectivity index (χ3v) is 3.49. The highest BCUT2D eigenvalue weighted by molar-refractivity contribution is 6.21. The van der Waals surface area contributed by atoms with E-state index in [1.54, 1.807) is 24.3 Å². The highest BCUT2D eigenvalue weighted by Gasteiger charge is 2.34. The fourth-order valence-corrected chi connectivity index (χ4v) is 2.33. The van der Waals surface area contributed by atoms with Crippen molar-refractivity contribution in [2.75, 3.05) is 33.4 Å². The quantitative estimate of drug-likeness (QED) is 0.495. The molecule has 0 radical (unpaired) electrons. The van der Waals surface area contributed by atoms with Crippen LogP contribution in [0.5, 0.6) is 0 Å². The summed E-state index contributed by atoms with van der Waals surface area (Å²) in [7, 11) is 1.42. The summed E-state index contributed by atoms with van der Waals surface area (Å²) >= 11 is 0. The molecule has 2 rings (SSSR count). The molecule has 1 aromatic rings. The number of ether oxygens (including phenoxy) is 1. The summed E-state index contributed by atoms with van der Waals surface area (Å²) in [5, 5.41) is 5.18. The topological polar surface area (TPSA) is 105 Å². The molecule has 0 aromatic heterocycles. The Morgan fingerprint density at radius 2 is 1.54 bits per heavy atom. The summed E-state index contributed by atoms with van der Waals surface area (Å²) in [6.07, 6.45) is 0.0114. The first-order valence-electron chi connectivity index (χ1n) is 7.52. The van der Waals surface area contributed by atoms with Gasteiger partial charge in [0.25, 0.3) is 11.8 Å². The van der Waals surface area contributed by atoms with Gasteiger partial charge in [0, 0.05) is 33.2 Å². The average Bonchev–Trinajstić information content (AvgIpc) is 2.82. The second kappa shape index (κ2) is 8.21. The maximum Gasteiger partial charge on any atom is 0.261 e. The summed E-state index contributed by atoms with van der Waals surface area (Å²) < 4.78 is 4.66. The first-order chi connectivity index (χ1) is 11.5. The molecule has 0 spiro atoms. The molecule has 0 atom stereocenters. The van der Waals surface area contributed by atoms with Gasteiger partial charge in [-0.05, 0) is 12.1 Å². The first kappa shape index (κ1) is 17.6. The summed E-state index contributed by atoms with van der Waals surface area (Å²) in [6, 6.07) is 6.58. The van der Waals surface area contributed by atoms with E-state index in [0.717, 1.165) is 4.90 Å². The highest BCUT2D eigenvalue weighted by atomic mass is 16.5. The van der Waals surface area contributed by atoms with Crippen molar-refractivity contribution in [1.29, 1.82) is 0 Å². The lowest BCUT2D eigenvalue weighted by molar-refractivity contribution is -0.125. The van der Waals surface area contributed by atoms with Crippen LogP contribution in [0.4, 0.5) is 0 Å². The number of nitrogens with zero attached hydrogens (tertiary/aromatic N) is 1. The monoisotopic (exact) mass is 333 g/mol. The third-order valence-electron chi connectivity index (χ3n) is 3.49. The van der Waals surface area contributed by atoms with Crippen LogP contribution in [0, 0.1) is 0 Å². The van der Waals surface area contributed by atoms with Crippen molar-refractivity contribution in [3.8, 4) is 0 Å². The molecule has 0 bridgehead atoms. The molecule has 2 N–H and O–H groups in total. The summed E-state index contributed by atoms with van der Waals surface area (Å²) in [5.41, 5.74) is 0.729. The van der Waals surface area contributed by atoms with Gasteiger partial charge < -0.3 is 15.4 Å². The molecular weight excluding hydrogens is 314 g/mol. The number of amides is 4. The van der Waals surface area contributed by atoms with Crippen LogP contribution in [0.25, 0.3) is 0 Å². The number of fused-ring (bicyclic) bond motifs is 1. The Kier molecular flexibility index (Phi) is 6.02. The van der Waals surface area contributed by atoms with Crippen molar-refractivity contribution in [2.24, 2.45) is 0 Å². The molecule has 1 heterocycles. The van der Waals surface area contributed by atoms with Gasteiger partial charge in [0.05, 0.1) is 11.1 Å². The second-order valence-corrected chi connectivity index (χ2v) is 5.19. The van der Waals surface area contributed by atoms with E-state index in [2.05, 4.69) is 15.4 Å². The molecule has 1 aliphatic rings. The number of imide groups is 1. The fraction of sp³-hybridized carbons (Fsp3) is 0.375. The number of hydrogen-bond acceptors (Lipinski definition) is 5. The minimum absolute atomic E-state index is 0.0114. The Morgan fingerprint density at radius 1 is 1.00 bits per heavy atom. The summed E-state index contributed by atoms with van der Waals surface area (Å²) in [4.78, 5) is 48.2. The van der Waals surface area contributed by atoms with Crippen LogP contribution < -0.4 is 10.6 Å². The maximum absolute atomic E-state index is 12.1. The molecule has 8 nitrogen and oxygen atoms in total. The zero-order valence-corrected chi connectivity index (χ0v) is 13.3. The summed E-state index contributed by atoms with van der Waals surface area (Å²) in [5.74, 6) is -1.32. The Hall–Kier alpha value is -2.74. The predicted octanol–water partition coefficient (Wildman–Crippen LogP) is -0.448. The molecule has 0 saturated carbocycles. The average molecular weight is 333 g/mol. The van der Waals surface area contributed by atoms with Crippen LogP contribution in [0.1, 0.15) is 27.1 Å². The van der Waals surface area contributed by atoms with Crippen molar-refractivity contribution in [3.05, 3.63) is 35.4 Å². The van der Waals surface area contributed by atoms with Crippen molar-refractivity contribution in [1.82, 2.24) is 15.5 Å². The van der Waals surface area contributed by atoms with Gasteiger partial charge in [0.2, 0.25) is 11.8 Å². The first-order valence-corrected chi connectivity index (χ1v) is 7.52. The van der Waals surface area contributed by atoms with Crippen LogP contribution >= 0.6 is 0 Å². The van der Waals surface area contributed by atoms with Crippen molar-refractivity contribution < 1.29 is 23.9 Å². The molecule has 0 unspecified atom stereocenters.